The van der Waals surface area contributed by atoms with E-state index in [4.69, 9.17) is 0 Å². The minimum atomic E-state index is -0.206. The second kappa shape index (κ2) is 9.14. The summed E-state index contributed by atoms with van der Waals surface area (Å²) in [6.07, 6.45) is 1.71. The number of thioether (sulfide) groups is 1. The molecule has 0 bridgehead atoms. The third-order valence-electron chi connectivity index (χ3n) is 4.88. The van der Waals surface area contributed by atoms with Gasteiger partial charge < -0.3 is 5.32 Å². The van der Waals surface area contributed by atoms with Gasteiger partial charge in [0.1, 0.15) is 5.82 Å². The quantitative estimate of drug-likeness (QED) is 0.369. The number of para-hydroxylation sites is 1. The highest BCUT2D eigenvalue weighted by Crippen LogP contribution is 2.21. The third kappa shape index (κ3) is 4.67. The smallest absolute Gasteiger partial charge is 0.267 e. The summed E-state index contributed by atoms with van der Waals surface area (Å²) < 4.78 is 1.47. The predicted molar refractivity (Wildman–Crippen MR) is 124 cm³/mol. The van der Waals surface area contributed by atoms with Gasteiger partial charge in [0.2, 0.25) is 5.91 Å². The number of rotatable bonds is 6. The second-order valence-corrected chi connectivity index (χ2v) is 8.18. The molecule has 31 heavy (non-hydrogen) atoms. The van der Waals surface area contributed by atoms with E-state index in [1.165, 1.54) is 16.3 Å². The van der Waals surface area contributed by atoms with Crippen LogP contribution in [0.25, 0.3) is 16.7 Å². The van der Waals surface area contributed by atoms with E-state index in [0.29, 0.717) is 21.9 Å². The van der Waals surface area contributed by atoms with Crippen molar-refractivity contribution in [2.45, 2.75) is 25.0 Å². The van der Waals surface area contributed by atoms with Crippen LogP contribution >= 0.6 is 11.8 Å². The monoisotopic (exact) mass is 430 g/mol. The van der Waals surface area contributed by atoms with Gasteiger partial charge >= 0.3 is 0 Å². The van der Waals surface area contributed by atoms with Crippen molar-refractivity contribution in [3.63, 3.8) is 0 Å². The van der Waals surface area contributed by atoms with Gasteiger partial charge in [-0.3, -0.25) is 9.59 Å². The number of nitrogens with one attached hydrogen (secondary N) is 1. The standard InChI is InChI=1S/C24H22N4O2S/c1-16-12-13-21(25-14-16)28-23(30)19-10-6-7-11-20(19)27-24(28)31-15-22(29)26-17(2)18-8-4-3-5-9-18/h3-14,17H,15H2,1-2H3,(H,26,29)/t17-/m1/s1. The Morgan fingerprint density at radius 2 is 1.81 bits per heavy atom. The first-order valence-corrected chi connectivity index (χ1v) is 10.9. The lowest BCUT2D eigenvalue weighted by Gasteiger charge is -2.15. The largest absolute Gasteiger partial charge is 0.349 e. The molecule has 2 heterocycles. The Balaban J connectivity index is 1.62. The second-order valence-electron chi connectivity index (χ2n) is 7.23. The van der Waals surface area contributed by atoms with Crippen LogP contribution in [0, 0.1) is 6.92 Å². The molecule has 1 N–H and O–H groups in total. The Kier molecular flexibility index (Phi) is 6.13. The van der Waals surface area contributed by atoms with Crippen molar-refractivity contribution in [2.75, 3.05) is 5.75 Å². The first kappa shape index (κ1) is 20.8. The molecule has 1 atom stereocenters. The van der Waals surface area contributed by atoms with Crippen molar-refractivity contribution in [3.05, 3.63) is 94.4 Å². The number of carbonyl (C=O) groups is 1. The molecular formula is C24H22N4O2S. The van der Waals surface area contributed by atoms with Gasteiger partial charge in [-0.1, -0.05) is 60.3 Å². The fourth-order valence-electron chi connectivity index (χ4n) is 3.24. The number of hydrogen-bond donors (Lipinski definition) is 1. The Labute approximate surface area is 184 Å². The first-order valence-electron chi connectivity index (χ1n) is 9.95. The molecule has 0 unspecified atom stereocenters. The van der Waals surface area contributed by atoms with Crippen molar-refractivity contribution in [3.8, 4) is 5.82 Å². The molecule has 0 radical (unpaired) electrons. The molecule has 0 aliphatic rings. The minimum absolute atomic E-state index is 0.111. The average molecular weight is 431 g/mol. The molecule has 156 valence electrons. The number of carbonyl (C=O) groups excluding carboxylic acids is 1. The molecule has 1 amide bonds. The van der Waals surface area contributed by atoms with Crippen LogP contribution in [0.4, 0.5) is 0 Å². The summed E-state index contributed by atoms with van der Waals surface area (Å²) in [4.78, 5) is 34.8. The van der Waals surface area contributed by atoms with Crippen molar-refractivity contribution >= 4 is 28.6 Å². The molecule has 0 fully saturated rings. The van der Waals surface area contributed by atoms with Crippen LogP contribution in [0.15, 0.2) is 82.9 Å². The Morgan fingerprint density at radius 3 is 2.55 bits per heavy atom. The number of aromatic nitrogens is 3. The van der Waals surface area contributed by atoms with Gasteiger partial charge in [0.05, 0.1) is 22.7 Å². The van der Waals surface area contributed by atoms with Gasteiger partial charge in [0.25, 0.3) is 5.56 Å². The van der Waals surface area contributed by atoms with Crippen LogP contribution in [0.2, 0.25) is 0 Å². The first-order chi connectivity index (χ1) is 15.0. The van der Waals surface area contributed by atoms with Crippen LogP contribution in [-0.4, -0.2) is 26.2 Å². The molecule has 2 aromatic carbocycles. The molecule has 2 aromatic heterocycles. The average Bonchev–Trinajstić information content (AvgIpc) is 2.79. The molecule has 0 saturated heterocycles. The van der Waals surface area contributed by atoms with E-state index in [-0.39, 0.29) is 23.3 Å². The molecule has 6 nitrogen and oxygen atoms in total. The molecule has 4 aromatic rings. The van der Waals surface area contributed by atoms with Crippen LogP contribution in [0.1, 0.15) is 24.1 Å². The lowest BCUT2D eigenvalue weighted by molar-refractivity contribution is -0.119. The molecule has 0 saturated carbocycles. The van der Waals surface area contributed by atoms with Crippen LogP contribution in [0.5, 0.6) is 0 Å². The van der Waals surface area contributed by atoms with E-state index >= 15 is 0 Å². The van der Waals surface area contributed by atoms with Crippen molar-refractivity contribution in [2.24, 2.45) is 0 Å². The summed E-state index contributed by atoms with van der Waals surface area (Å²) in [7, 11) is 0. The molecule has 0 aliphatic carbocycles. The number of fused-ring (bicyclic) bond motifs is 1. The van der Waals surface area contributed by atoms with Crippen LogP contribution < -0.4 is 10.9 Å². The number of aryl methyl sites for hydroxylation is 1. The Bertz CT molecular complexity index is 1270. The van der Waals surface area contributed by atoms with E-state index in [9.17, 15) is 9.59 Å². The SMILES string of the molecule is Cc1ccc(-n2c(SCC(=O)N[C@H](C)c3ccccc3)nc3ccccc3c2=O)nc1. The lowest BCUT2D eigenvalue weighted by atomic mass is 10.1. The summed E-state index contributed by atoms with van der Waals surface area (Å²) in [6.45, 7) is 3.88. The molecule has 0 spiro atoms. The molecule has 0 aliphatic heterocycles. The van der Waals surface area contributed by atoms with Gasteiger partial charge in [-0.15, -0.1) is 0 Å². The predicted octanol–water partition coefficient (Wildman–Crippen LogP) is 4.06. The van der Waals surface area contributed by atoms with Crippen molar-refractivity contribution in [1.82, 2.24) is 19.9 Å². The number of nitrogens with zero attached hydrogens (tertiary/aromatic N) is 3. The van der Waals surface area contributed by atoms with Crippen molar-refractivity contribution < 1.29 is 4.79 Å². The van der Waals surface area contributed by atoms with E-state index < -0.39 is 0 Å². The Morgan fingerprint density at radius 1 is 1.06 bits per heavy atom. The van der Waals surface area contributed by atoms with Crippen molar-refractivity contribution in [1.29, 1.82) is 0 Å². The molecule has 7 heteroatoms. The van der Waals surface area contributed by atoms with Gasteiger partial charge in [-0.05, 0) is 43.2 Å². The Hall–Kier alpha value is -3.45. The number of amides is 1. The van der Waals surface area contributed by atoms with E-state index in [1.54, 1.807) is 24.4 Å². The van der Waals surface area contributed by atoms with Crippen LogP contribution in [-0.2, 0) is 4.79 Å². The van der Waals surface area contributed by atoms with E-state index in [2.05, 4.69) is 15.3 Å². The summed E-state index contributed by atoms with van der Waals surface area (Å²) in [5.74, 6) is 0.481. The van der Waals surface area contributed by atoms with Crippen LogP contribution in [0.3, 0.4) is 0 Å². The normalized spacial score (nSPS) is 11.9. The van der Waals surface area contributed by atoms with Gasteiger partial charge in [0.15, 0.2) is 5.16 Å². The maximum absolute atomic E-state index is 13.2. The topological polar surface area (TPSA) is 76.9 Å². The molecule has 4 rings (SSSR count). The number of pyridine rings is 1. The zero-order chi connectivity index (χ0) is 21.8. The van der Waals surface area contributed by atoms with Gasteiger partial charge in [0, 0.05) is 6.20 Å². The highest BCUT2D eigenvalue weighted by molar-refractivity contribution is 7.99. The zero-order valence-corrected chi connectivity index (χ0v) is 18.1. The zero-order valence-electron chi connectivity index (χ0n) is 17.3. The maximum Gasteiger partial charge on any atom is 0.267 e. The highest BCUT2D eigenvalue weighted by Gasteiger charge is 2.16. The molecular weight excluding hydrogens is 408 g/mol. The van der Waals surface area contributed by atoms with E-state index in [0.717, 1.165) is 11.1 Å². The summed E-state index contributed by atoms with van der Waals surface area (Å²) in [5.41, 5.74) is 2.42. The van der Waals surface area contributed by atoms with Gasteiger partial charge in [-0.25, -0.2) is 14.5 Å². The lowest BCUT2D eigenvalue weighted by Crippen LogP contribution is -2.29. The third-order valence-corrected chi connectivity index (χ3v) is 5.82. The summed E-state index contributed by atoms with van der Waals surface area (Å²) in [5, 5.41) is 3.94. The number of benzene rings is 2. The van der Waals surface area contributed by atoms with E-state index in [1.807, 2.05) is 62.4 Å². The fraction of sp³-hybridized carbons (Fsp3) is 0.167. The maximum atomic E-state index is 13.2. The highest BCUT2D eigenvalue weighted by atomic mass is 32.2. The van der Waals surface area contributed by atoms with Gasteiger partial charge in [-0.2, -0.15) is 0 Å². The fourth-order valence-corrected chi connectivity index (χ4v) is 4.05. The summed E-state index contributed by atoms with van der Waals surface area (Å²) >= 11 is 1.22. The number of hydrogen-bond acceptors (Lipinski definition) is 5. The minimum Gasteiger partial charge on any atom is -0.349 e. The summed E-state index contributed by atoms with van der Waals surface area (Å²) in [6, 6.07) is 20.5.